The minimum absolute atomic E-state index is 0.00597. The zero-order chi connectivity index (χ0) is 17.4. The van der Waals surface area contributed by atoms with E-state index in [1.54, 1.807) is 4.57 Å². The smallest absolute Gasteiger partial charge is 0.280 e. The van der Waals surface area contributed by atoms with E-state index in [2.05, 4.69) is 27.6 Å². The Morgan fingerprint density at radius 1 is 1.46 bits per heavy atom. The number of ether oxygens (including phenoxy) is 2. The van der Waals surface area contributed by atoms with Crippen molar-refractivity contribution in [3.05, 3.63) is 16.2 Å². The quantitative estimate of drug-likeness (QED) is 0.549. The number of aromatic nitrogens is 4. The molecular weight excluding hydrogens is 334 g/mol. The number of anilines is 1. The maximum atomic E-state index is 12.1. The molecule has 3 heterocycles. The Morgan fingerprint density at radius 2 is 2.21 bits per heavy atom. The third-order valence-corrected chi connectivity index (χ3v) is 4.42. The summed E-state index contributed by atoms with van der Waals surface area (Å²) in [7, 11) is 0. The fourth-order valence-corrected chi connectivity index (χ4v) is 3.31. The van der Waals surface area contributed by atoms with Gasteiger partial charge in [0, 0.05) is 18.8 Å². The minimum atomic E-state index is -0.839. The number of aromatic amines is 1. The molecule has 0 aliphatic carbocycles. The van der Waals surface area contributed by atoms with Crippen LogP contribution in [0.15, 0.2) is 4.79 Å². The number of aryl methyl sites for hydroxylation is 1. The van der Waals surface area contributed by atoms with E-state index in [1.807, 2.05) is 13.8 Å². The van der Waals surface area contributed by atoms with Gasteiger partial charge in [-0.3, -0.25) is 14.3 Å². The van der Waals surface area contributed by atoms with Gasteiger partial charge in [0.2, 0.25) is 5.95 Å². The first kappa shape index (κ1) is 17.2. The number of aliphatic hydroxyl groups is 1. The molecule has 1 fully saturated rings. The molecule has 9 nitrogen and oxygen atoms in total. The molecule has 2 aromatic heterocycles. The highest BCUT2D eigenvalue weighted by Crippen LogP contribution is 2.35. The van der Waals surface area contributed by atoms with Gasteiger partial charge in [-0.15, -0.1) is 0 Å². The molecule has 0 spiro atoms. The Morgan fingerprint density at radius 3 is 2.83 bits per heavy atom. The van der Waals surface area contributed by atoms with E-state index < -0.39 is 30.1 Å². The summed E-state index contributed by atoms with van der Waals surface area (Å²) < 4.78 is 13.3. The number of nitrogens with two attached hydrogens (primary N) is 1. The second kappa shape index (κ2) is 6.71. The van der Waals surface area contributed by atoms with Crippen molar-refractivity contribution in [2.75, 3.05) is 18.1 Å². The molecule has 4 atom stereocenters. The summed E-state index contributed by atoms with van der Waals surface area (Å²) in [6.07, 6.45) is -2.05. The maximum Gasteiger partial charge on any atom is 0.280 e. The van der Waals surface area contributed by atoms with Crippen LogP contribution >= 0.6 is 12.6 Å². The molecule has 0 bridgehead atoms. The minimum Gasteiger partial charge on any atom is -0.387 e. The molecule has 1 aliphatic heterocycles. The van der Waals surface area contributed by atoms with E-state index in [1.165, 1.54) is 0 Å². The van der Waals surface area contributed by atoms with Gasteiger partial charge in [-0.2, -0.15) is 17.6 Å². The second-order valence-corrected chi connectivity index (χ2v) is 5.90. The van der Waals surface area contributed by atoms with Crippen LogP contribution in [0.4, 0.5) is 5.95 Å². The van der Waals surface area contributed by atoms with Crippen LogP contribution < -0.4 is 11.3 Å². The van der Waals surface area contributed by atoms with E-state index >= 15 is 0 Å². The number of nitrogen functional groups attached to an aromatic ring is 1. The van der Waals surface area contributed by atoms with E-state index in [9.17, 15) is 9.90 Å². The number of H-pyrrole nitrogens is 1. The average Bonchev–Trinajstić information content (AvgIpc) is 3.06. The maximum absolute atomic E-state index is 12.1. The first-order chi connectivity index (χ1) is 11.5. The van der Waals surface area contributed by atoms with Gasteiger partial charge in [0.05, 0.1) is 6.10 Å². The molecule has 0 aromatic carbocycles. The van der Waals surface area contributed by atoms with Crippen LogP contribution in [-0.4, -0.2) is 55.3 Å². The zero-order valence-electron chi connectivity index (χ0n) is 13.5. The predicted octanol–water partition coefficient (Wildman–Crippen LogP) is -0.143. The van der Waals surface area contributed by atoms with Crippen LogP contribution in [0.3, 0.4) is 0 Å². The number of thiol groups is 1. The summed E-state index contributed by atoms with van der Waals surface area (Å²) in [6.45, 7) is 4.16. The van der Waals surface area contributed by atoms with Crippen molar-refractivity contribution in [3.63, 3.8) is 0 Å². The molecule has 1 aliphatic rings. The third kappa shape index (κ3) is 2.69. The van der Waals surface area contributed by atoms with Crippen molar-refractivity contribution < 1.29 is 14.6 Å². The fourth-order valence-electron chi connectivity index (χ4n) is 3.01. The van der Waals surface area contributed by atoms with Gasteiger partial charge in [0.25, 0.3) is 5.56 Å². The topological polar surface area (TPSA) is 128 Å². The number of nitrogens with one attached hydrogen (secondary N) is 1. The summed E-state index contributed by atoms with van der Waals surface area (Å²) in [5.41, 5.74) is 5.76. The molecule has 24 heavy (non-hydrogen) atoms. The van der Waals surface area contributed by atoms with Crippen LogP contribution in [0.1, 0.15) is 25.9 Å². The number of aliphatic hydroxyl groups excluding tert-OH is 1. The summed E-state index contributed by atoms with van der Waals surface area (Å²) >= 11 is 4.22. The standard InChI is InChI=1S/C14H21N5O4S/c1-3-7-16-8-11(17-14(15)18-12(8)21)19(7)13-10(22-4-2)9(20)6(5-24)23-13/h6,9-10,13,20,24H,3-5H2,1-2H3,(H3,15,17,18,21)/t6-,9-,10-,13-/m1/s1. The van der Waals surface area contributed by atoms with Gasteiger partial charge in [-0.1, -0.05) is 6.92 Å². The Labute approximate surface area is 143 Å². The SMILES string of the molecule is CCO[C@@H]1[C@H](O)[C@@H](CS)O[C@H]1n1c(CC)nc2c(=O)[nH]c(N)nc21. The summed E-state index contributed by atoms with van der Waals surface area (Å²) in [4.78, 5) is 23.1. The van der Waals surface area contributed by atoms with Gasteiger partial charge in [0.1, 0.15) is 18.0 Å². The van der Waals surface area contributed by atoms with Crippen LogP contribution in [0, 0.1) is 0 Å². The molecule has 10 heteroatoms. The van der Waals surface area contributed by atoms with E-state index in [-0.39, 0.29) is 11.5 Å². The lowest BCUT2D eigenvalue weighted by molar-refractivity contribution is -0.0629. The second-order valence-electron chi connectivity index (χ2n) is 5.53. The molecule has 0 unspecified atom stereocenters. The highest BCUT2D eigenvalue weighted by Gasteiger charge is 2.46. The van der Waals surface area contributed by atoms with Gasteiger partial charge in [-0.25, -0.2) is 4.98 Å². The number of imidazole rings is 1. The molecule has 0 saturated carbocycles. The Bertz CT molecular complexity index is 791. The van der Waals surface area contributed by atoms with Gasteiger partial charge < -0.3 is 20.3 Å². The summed E-state index contributed by atoms with van der Waals surface area (Å²) in [5.74, 6) is 0.940. The van der Waals surface area contributed by atoms with Crippen molar-refractivity contribution in [1.29, 1.82) is 0 Å². The molecule has 2 aromatic rings. The first-order valence-corrected chi connectivity index (χ1v) is 8.47. The normalized spacial score (nSPS) is 27.2. The van der Waals surface area contributed by atoms with E-state index in [4.69, 9.17) is 15.2 Å². The van der Waals surface area contributed by atoms with Crippen LogP contribution in [-0.2, 0) is 15.9 Å². The summed E-state index contributed by atoms with van der Waals surface area (Å²) in [6, 6.07) is 0. The van der Waals surface area contributed by atoms with Gasteiger partial charge in [-0.05, 0) is 6.92 Å². The van der Waals surface area contributed by atoms with E-state index in [0.29, 0.717) is 30.3 Å². The first-order valence-electron chi connectivity index (χ1n) is 7.84. The number of hydrogen-bond donors (Lipinski definition) is 4. The molecule has 4 N–H and O–H groups in total. The fraction of sp³-hybridized carbons (Fsp3) is 0.643. The van der Waals surface area contributed by atoms with Crippen molar-refractivity contribution in [2.24, 2.45) is 0 Å². The highest BCUT2D eigenvalue weighted by molar-refractivity contribution is 7.80. The zero-order valence-corrected chi connectivity index (χ0v) is 14.4. The van der Waals surface area contributed by atoms with Crippen LogP contribution in [0.25, 0.3) is 11.2 Å². The van der Waals surface area contributed by atoms with Crippen molar-refractivity contribution in [3.8, 4) is 0 Å². The Hall–Kier alpha value is -1.62. The molecule has 1 saturated heterocycles. The Balaban J connectivity index is 2.18. The van der Waals surface area contributed by atoms with Gasteiger partial charge in [0.15, 0.2) is 17.4 Å². The van der Waals surface area contributed by atoms with Crippen molar-refractivity contribution in [1.82, 2.24) is 19.5 Å². The average molecular weight is 355 g/mol. The van der Waals surface area contributed by atoms with Gasteiger partial charge >= 0.3 is 0 Å². The highest BCUT2D eigenvalue weighted by atomic mass is 32.1. The lowest BCUT2D eigenvalue weighted by atomic mass is 10.1. The molecule has 132 valence electrons. The molecular formula is C14H21N5O4S. The molecule has 0 radical (unpaired) electrons. The lowest BCUT2D eigenvalue weighted by Gasteiger charge is -2.23. The Kier molecular flexibility index (Phi) is 4.81. The number of nitrogens with zero attached hydrogens (tertiary/aromatic N) is 3. The van der Waals surface area contributed by atoms with E-state index in [0.717, 1.165) is 0 Å². The number of hydrogen-bond acceptors (Lipinski definition) is 8. The lowest BCUT2D eigenvalue weighted by Crippen LogP contribution is -2.35. The molecule has 3 rings (SSSR count). The van der Waals surface area contributed by atoms with Crippen LogP contribution in [0.5, 0.6) is 0 Å². The van der Waals surface area contributed by atoms with Crippen LogP contribution in [0.2, 0.25) is 0 Å². The number of rotatable bonds is 5. The molecule has 0 amide bonds. The van der Waals surface area contributed by atoms with Crippen molar-refractivity contribution in [2.45, 2.75) is 44.8 Å². The third-order valence-electron chi connectivity index (χ3n) is 4.06. The predicted molar refractivity (Wildman–Crippen MR) is 91.1 cm³/mol. The number of fused-ring (bicyclic) bond motifs is 1. The van der Waals surface area contributed by atoms with Crippen molar-refractivity contribution >= 4 is 29.7 Å². The summed E-state index contributed by atoms with van der Waals surface area (Å²) in [5, 5.41) is 10.4. The monoisotopic (exact) mass is 355 g/mol. The largest absolute Gasteiger partial charge is 0.387 e.